The molecule has 0 atom stereocenters. The van der Waals surface area contributed by atoms with Crippen LogP contribution in [0.25, 0.3) is 0 Å². The zero-order valence-electron chi connectivity index (χ0n) is 11.3. The Labute approximate surface area is 117 Å². The molecule has 104 valence electrons. The quantitative estimate of drug-likeness (QED) is 0.928. The summed E-state index contributed by atoms with van der Waals surface area (Å²) in [5, 5.41) is 3.35. The van der Waals surface area contributed by atoms with Gasteiger partial charge >= 0.3 is 0 Å². The van der Waals surface area contributed by atoms with Gasteiger partial charge in [-0.05, 0) is 47.9 Å². The summed E-state index contributed by atoms with van der Waals surface area (Å²) in [4.78, 5) is 0. The van der Waals surface area contributed by atoms with Crippen LogP contribution in [0.15, 0.2) is 36.4 Å². The van der Waals surface area contributed by atoms with E-state index in [1.54, 1.807) is 6.07 Å². The molecule has 1 aliphatic rings. The van der Waals surface area contributed by atoms with Crippen LogP contribution >= 0.6 is 0 Å². The van der Waals surface area contributed by atoms with Crippen LogP contribution in [-0.4, -0.2) is 6.79 Å². The van der Waals surface area contributed by atoms with E-state index in [2.05, 4.69) is 5.32 Å². The Kier molecular flexibility index (Phi) is 3.56. The lowest BCUT2D eigenvalue weighted by Gasteiger charge is -2.08. The van der Waals surface area contributed by atoms with Crippen molar-refractivity contribution in [1.82, 2.24) is 5.32 Å². The van der Waals surface area contributed by atoms with Gasteiger partial charge in [-0.25, -0.2) is 4.39 Å². The van der Waals surface area contributed by atoms with Gasteiger partial charge in [0.1, 0.15) is 5.82 Å². The van der Waals surface area contributed by atoms with E-state index in [1.807, 2.05) is 31.2 Å². The van der Waals surface area contributed by atoms with Crippen LogP contribution < -0.4 is 14.8 Å². The fourth-order valence-electron chi connectivity index (χ4n) is 2.25. The number of rotatable bonds is 4. The first-order chi connectivity index (χ1) is 9.72. The summed E-state index contributed by atoms with van der Waals surface area (Å²) < 4.78 is 23.6. The van der Waals surface area contributed by atoms with Crippen molar-refractivity contribution in [2.24, 2.45) is 0 Å². The maximum Gasteiger partial charge on any atom is 0.231 e. The Bertz CT molecular complexity index is 628. The summed E-state index contributed by atoms with van der Waals surface area (Å²) in [7, 11) is 0. The van der Waals surface area contributed by atoms with Gasteiger partial charge < -0.3 is 14.8 Å². The number of hydrogen-bond acceptors (Lipinski definition) is 3. The van der Waals surface area contributed by atoms with Gasteiger partial charge in [-0.3, -0.25) is 0 Å². The lowest BCUT2D eigenvalue weighted by atomic mass is 10.1. The maximum absolute atomic E-state index is 13.0. The van der Waals surface area contributed by atoms with Crippen LogP contribution in [0.3, 0.4) is 0 Å². The van der Waals surface area contributed by atoms with Gasteiger partial charge in [0.2, 0.25) is 6.79 Å². The molecule has 3 nitrogen and oxygen atoms in total. The van der Waals surface area contributed by atoms with E-state index in [1.165, 1.54) is 6.07 Å². The smallest absolute Gasteiger partial charge is 0.231 e. The predicted molar refractivity (Wildman–Crippen MR) is 74.2 cm³/mol. The number of nitrogens with one attached hydrogen (secondary N) is 1. The Hall–Kier alpha value is -2.07. The first-order valence-electron chi connectivity index (χ1n) is 6.56. The number of hydrogen-bond donors (Lipinski definition) is 1. The van der Waals surface area contributed by atoms with Crippen LogP contribution in [0.4, 0.5) is 4.39 Å². The SMILES string of the molecule is Cc1cc(F)ccc1CNCc1ccc2c(c1)OCO2. The molecule has 0 spiro atoms. The third-order valence-electron chi connectivity index (χ3n) is 3.39. The highest BCUT2D eigenvalue weighted by atomic mass is 19.1. The molecule has 2 aromatic carbocycles. The number of fused-ring (bicyclic) bond motifs is 1. The fraction of sp³-hybridized carbons (Fsp3) is 0.250. The van der Waals surface area contributed by atoms with Crippen molar-refractivity contribution in [3.63, 3.8) is 0 Å². The van der Waals surface area contributed by atoms with Crippen molar-refractivity contribution < 1.29 is 13.9 Å². The molecule has 0 aliphatic carbocycles. The van der Waals surface area contributed by atoms with Crippen molar-refractivity contribution in [3.05, 3.63) is 58.9 Å². The van der Waals surface area contributed by atoms with E-state index >= 15 is 0 Å². The van der Waals surface area contributed by atoms with E-state index in [-0.39, 0.29) is 5.82 Å². The third-order valence-corrected chi connectivity index (χ3v) is 3.39. The zero-order chi connectivity index (χ0) is 13.9. The van der Waals surface area contributed by atoms with Crippen molar-refractivity contribution in [1.29, 1.82) is 0 Å². The van der Waals surface area contributed by atoms with Crippen LogP contribution in [0.1, 0.15) is 16.7 Å². The average Bonchev–Trinajstić information content (AvgIpc) is 2.89. The highest BCUT2D eigenvalue weighted by Crippen LogP contribution is 2.32. The Balaban J connectivity index is 1.60. The Morgan fingerprint density at radius 3 is 2.75 bits per heavy atom. The second kappa shape index (κ2) is 5.51. The standard InChI is InChI=1S/C16H16FNO2/c1-11-6-14(17)4-3-13(11)9-18-8-12-2-5-15-16(7-12)20-10-19-15/h2-7,18H,8-10H2,1H3. The highest BCUT2D eigenvalue weighted by Gasteiger charge is 2.12. The summed E-state index contributed by atoms with van der Waals surface area (Å²) in [6.45, 7) is 3.65. The van der Waals surface area contributed by atoms with Crippen molar-refractivity contribution >= 4 is 0 Å². The minimum atomic E-state index is -0.193. The largest absolute Gasteiger partial charge is 0.454 e. The molecule has 0 saturated carbocycles. The van der Waals surface area contributed by atoms with Crippen molar-refractivity contribution in [2.75, 3.05) is 6.79 Å². The van der Waals surface area contributed by atoms with Crippen LogP contribution in [0, 0.1) is 12.7 Å². The molecule has 2 aromatic rings. The van der Waals surface area contributed by atoms with Gasteiger partial charge in [-0.2, -0.15) is 0 Å². The molecule has 1 heterocycles. The number of benzene rings is 2. The van der Waals surface area contributed by atoms with Crippen LogP contribution in [0.5, 0.6) is 11.5 Å². The Morgan fingerprint density at radius 2 is 1.90 bits per heavy atom. The minimum Gasteiger partial charge on any atom is -0.454 e. The molecule has 0 fully saturated rings. The van der Waals surface area contributed by atoms with Crippen molar-refractivity contribution in [2.45, 2.75) is 20.0 Å². The second-order valence-electron chi connectivity index (χ2n) is 4.86. The molecular weight excluding hydrogens is 257 g/mol. The minimum absolute atomic E-state index is 0.193. The van der Waals surface area contributed by atoms with E-state index < -0.39 is 0 Å². The molecule has 0 amide bonds. The molecule has 3 rings (SSSR count). The van der Waals surface area contributed by atoms with Crippen LogP contribution in [0.2, 0.25) is 0 Å². The summed E-state index contributed by atoms with van der Waals surface area (Å²) in [6, 6.07) is 10.8. The molecule has 20 heavy (non-hydrogen) atoms. The molecule has 1 N–H and O–H groups in total. The normalized spacial score (nSPS) is 12.7. The molecule has 1 aliphatic heterocycles. The molecule has 0 radical (unpaired) electrons. The van der Waals surface area contributed by atoms with Gasteiger partial charge in [-0.1, -0.05) is 12.1 Å². The Morgan fingerprint density at radius 1 is 1.05 bits per heavy atom. The predicted octanol–water partition coefficient (Wildman–Crippen LogP) is 3.15. The zero-order valence-corrected chi connectivity index (χ0v) is 11.3. The van der Waals surface area contributed by atoms with E-state index in [0.717, 1.165) is 34.7 Å². The molecule has 0 saturated heterocycles. The molecule has 0 unspecified atom stereocenters. The van der Waals surface area contributed by atoms with Crippen LogP contribution in [-0.2, 0) is 13.1 Å². The second-order valence-corrected chi connectivity index (χ2v) is 4.86. The first-order valence-corrected chi connectivity index (χ1v) is 6.56. The molecular formula is C16H16FNO2. The third kappa shape index (κ3) is 2.75. The lowest BCUT2D eigenvalue weighted by Crippen LogP contribution is -2.13. The number of aryl methyl sites for hydroxylation is 1. The van der Waals surface area contributed by atoms with Gasteiger partial charge in [0.05, 0.1) is 0 Å². The fourth-order valence-corrected chi connectivity index (χ4v) is 2.25. The number of ether oxygens (including phenoxy) is 2. The van der Waals surface area contributed by atoms with Gasteiger partial charge in [0.25, 0.3) is 0 Å². The number of halogens is 1. The van der Waals surface area contributed by atoms with Gasteiger partial charge in [-0.15, -0.1) is 0 Å². The van der Waals surface area contributed by atoms with Gasteiger partial charge in [0, 0.05) is 13.1 Å². The summed E-state index contributed by atoms with van der Waals surface area (Å²) in [5.41, 5.74) is 3.20. The van der Waals surface area contributed by atoms with Gasteiger partial charge in [0.15, 0.2) is 11.5 Å². The summed E-state index contributed by atoms with van der Waals surface area (Å²) in [6.07, 6.45) is 0. The topological polar surface area (TPSA) is 30.5 Å². The molecule has 0 aromatic heterocycles. The summed E-state index contributed by atoms with van der Waals surface area (Å²) >= 11 is 0. The maximum atomic E-state index is 13.0. The lowest BCUT2D eigenvalue weighted by molar-refractivity contribution is 0.174. The van der Waals surface area contributed by atoms with E-state index in [4.69, 9.17) is 9.47 Å². The summed E-state index contributed by atoms with van der Waals surface area (Å²) in [5.74, 6) is 1.40. The monoisotopic (exact) mass is 273 g/mol. The molecule has 4 heteroatoms. The first kappa shape index (κ1) is 12.9. The van der Waals surface area contributed by atoms with E-state index in [9.17, 15) is 4.39 Å². The average molecular weight is 273 g/mol. The van der Waals surface area contributed by atoms with E-state index in [0.29, 0.717) is 13.3 Å². The highest BCUT2D eigenvalue weighted by molar-refractivity contribution is 5.44. The molecule has 0 bridgehead atoms. The van der Waals surface area contributed by atoms with Crippen molar-refractivity contribution in [3.8, 4) is 11.5 Å².